The molecule has 160 valence electrons. The fourth-order valence-corrected chi connectivity index (χ4v) is 4.27. The first-order chi connectivity index (χ1) is 12.8. The molecule has 0 amide bonds. The van der Waals surface area contributed by atoms with E-state index in [-0.39, 0.29) is 35.5 Å². The molecule has 1 saturated heterocycles. The maximum atomic E-state index is 13.6. The molecule has 0 bridgehead atoms. The number of hydrogen-bond donors (Lipinski definition) is 2. The van der Waals surface area contributed by atoms with Crippen LogP contribution in [0.1, 0.15) is 30.9 Å². The van der Waals surface area contributed by atoms with Crippen LogP contribution in [-0.4, -0.2) is 58.8 Å². The highest BCUT2D eigenvalue weighted by molar-refractivity contribution is 14.0. The molecule has 28 heavy (non-hydrogen) atoms. The molecule has 1 aromatic carbocycles. The molecule has 0 spiro atoms. The van der Waals surface area contributed by atoms with E-state index in [9.17, 15) is 12.8 Å². The number of aliphatic imine (C=N–C) groups is 1. The Balaban J connectivity index is 0.00000392. The quantitative estimate of drug-likeness (QED) is 0.325. The summed E-state index contributed by atoms with van der Waals surface area (Å²) in [5.41, 5.74) is 1.23. The van der Waals surface area contributed by atoms with Crippen molar-refractivity contribution >= 4 is 39.8 Å². The Hall–Kier alpha value is -0.940. The standard InChI is InChI=1S/C19H31FN4O2S.HI/c1-4-24-9-5-6-15(13-24)11-22-19(21-2)23-12-17-10-18(20)8-7-16(17)14-27(3,25)26;/h7-8,10,15H,4-6,9,11-14H2,1-3H3,(H2,21,22,23);1H. The lowest BCUT2D eigenvalue weighted by atomic mass is 9.98. The van der Waals surface area contributed by atoms with Gasteiger partial charge in [0.05, 0.1) is 5.75 Å². The van der Waals surface area contributed by atoms with Crippen LogP contribution in [-0.2, 0) is 22.1 Å². The highest BCUT2D eigenvalue weighted by Crippen LogP contribution is 2.16. The van der Waals surface area contributed by atoms with Crippen LogP contribution in [0.2, 0.25) is 0 Å². The topological polar surface area (TPSA) is 73.8 Å². The van der Waals surface area contributed by atoms with Crippen LogP contribution in [0.25, 0.3) is 0 Å². The van der Waals surface area contributed by atoms with Gasteiger partial charge in [0.15, 0.2) is 15.8 Å². The molecule has 9 heteroatoms. The molecule has 2 N–H and O–H groups in total. The first kappa shape index (κ1) is 25.1. The van der Waals surface area contributed by atoms with Gasteiger partial charge in [-0.3, -0.25) is 4.99 Å². The van der Waals surface area contributed by atoms with Crippen LogP contribution < -0.4 is 10.6 Å². The van der Waals surface area contributed by atoms with Gasteiger partial charge in [-0.15, -0.1) is 24.0 Å². The van der Waals surface area contributed by atoms with Crippen molar-refractivity contribution in [1.29, 1.82) is 0 Å². The van der Waals surface area contributed by atoms with Crippen LogP contribution in [0, 0.1) is 11.7 Å². The number of sulfone groups is 1. The molecule has 0 saturated carbocycles. The van der Waals surface area contributed by atoms with E-state index in [1.54, 1.807) is 7.05 Å². The molecule has 0 aromatic heterocycles. The molecule has 1 heterocycles. The van der Waals surface area contributed by atoms with E-state index < -0.39 is 9.84 Å². The maximum Gasteiger partial charge on any atom is 0.191 e. The number of nitrogens with one attached hydrogen (secondary N) is 2. The molecular formula is C19H32FIN4O2S. The third-order valence-electron chi connectivity index (χ3n) is 4.86. The molecule has 1 aliphatic rings. The molecule has 1 unspecified atom stereocenters. The SMILES string of the molecule is CCN1CCCC(CNC(=NC)NCc2cc(F)ccc2CS(C)(=O)=O)C1.I. The monoisotopic (exact) mass is 526 g/mol. The predicted molar refractivity (Wildman–Crippen MR) is 123 cm³/mol. The zero-order valence-corrected chi connectivity index (χ0v) is 20.0. The maximum absolute atomic E-state index is 13.6. The van der Waals surface area contributed by atoms with Crippen LogP contribution in [0.4, 0.5) is 4.39 Å². The van der Waals surface area contributed by atoms with E-state index in [4.69, 9.17) is 0 Å². The summed E-state index contributed by atoms with van der Waals surface area (Å²) in [6.45, 7) is 6.66. The molecule has 1 aromatic rings. The molecular weight excluding hydrogens is 494 g/mol. The minimum Gasteiger partial charge on any atom is -0.356 e. The number of halogens is 2. The van der Waals surface area contributed by atoms with Gasteiger partial charge in [-0.1, -0.05) is 13.0 Å². The molecule has 0 aliphatic carbocycles. The minimum atomic E-state index is -3.19. The van der Waals surface area contributed by atoms with Gasteiger partial charge in [0.25, 0.3) is 0 Å². The molecule has 1 atom stereocenters. The van der Waals surface area contributed by atoms with Crippen molar-refractivity contribution in [3.8, 4) is 0 Å². The van der Waals surface area contributed by atoms with Crippen molar-refractivity contribution in [3.05, 3.63) is 35.1 Å². The molecule has 6 nitrogen and oxygen atoms in total. The van der Waals surface area contributed by atoms with Gasteiger partial charge >= 0.3 is 0 Å². The van der Waals surface area contributed by atoms with Crippen molar-refractivity contribution < 1.29 is 12.8 Å². The van der Waals surface area contributed by atoms with Crippen molar-refractivity contribution in [1.82, 2.24) is 15.5 Å². The second-order valence-electron chi connectivity index (χ2n) is 7.19. The van der Waals surface area contributed by atoms with E-state index in [1.807, 2.05) is 0 Å². The Bertz CT molecular complexity index is 758. The Morgan fingerprint density at radius 2 is 2.07 bits per heavy atom. The van der Waals surface area contributed by atoms with Crippen LogP contribution >= 0.6 is 24.0 Å². The number of nitrogens with zero attached hydrogens (tertiary/aromatic N) is 2. The summed E-state index contributed by atoms with van der Waals surface area (Å²) < 4.78 is 36.8. The first-order valence-corrected chi connectivity index (χ1v) is 11.5. The summed E-state index contributed by atoms with van der Waals surface area (Å²) in [6.07, 6.45) is 3.59. The zero-order chi connectivity index (χ0) is 19.9. The van der Waals surface area contributed by atoms with Crippen LogP contribution in [0.3, 0.4) is 0 Å². The van der Waals surface area contributed by atoms with E-state index in [2.05, 4.69) is 27.4 Å². The summed E-state index contributed by atoms with van der Waals surface area (Å²) in [4.78, 5) is 6.68. The number of rotatable bonds is 7. The van der Waals surface area contributed by atoms with Gasteiger partial charge in [0.1, 0.15) is 5.82 Å². The lowest BCUT2D eigenvalue weighted by Crippen LogP contribution is -2.44. The van der Waals surface area contributed by atoms with Gasteiger partial charge in [0, 0.05) is 32.9 Å². The minimum absolute atomic E-state index is 0. The summed E-state index contributed by atoms with van der Waals surface area (Å²) in [7, 11) is -1.50. The van der Waals surface area contributed by atoms with Crippen molar-refractivity contribution in [2.24, 2.45) is 10.9 Å². The number of piperidine rings is 1. The number of hydrogen-bond acceptors (Lipinski definition) is 4. The highest BCUT2D eigenvalue weighted by atomic mass is 127. The second-order valence-corrected chi connectivity index (χ2v) is 9.33. The van der Waals surface area contributed by atoms with E-state index in [1.165, 1.54) is 43.8 Å². The molecule has 1 fully saturated rings. The fourth-order valence-electron chi connectivity index (χ4n) is 3.43. The Kier molecular flexibility index (Phi) is 10.7. The first-order valence-electron chi connectivity index (χ1n) is 9.42. The van der Waals surface area contributed by atoms with Gasteiger partial charge < -0.3 is 15.5 Å². The summed E-state index contributed by atoms with van der Waals surface area (Å²) >= 11 is 0. The van der Waals surface area contributed by atoms with Crippen LogP contribution in [0.15, 0.2) is 23.2 Å². The zero-order valence-electron chi connectivity index (χ0n) is 16.9. The number of likely N-dealkylation sites (tertiary alicyclic amines) is 1. The third-order valence-corrected chi connectivity index (χ3v) is 5.70. The lowest BCUT2D eigenvalue weighted by Gasteiger charge is -2.32. The Labute approximate surface area is 185 Å². The molecule has 2 rings (SSSR count). The van der Waals surface area contributed by atoms with Gasteiger partial charge in [0.2, 0.25) is 0 Å². The number of benzene rings is 1. The Morgan fingerprint density at radius 1 is 1.32 bits per heavy atom. The number of guanidine groups is 1. The van der Waals surface area contributed by atoms with E-state index >= 15 is 0 Å². The molecule has 0 radical (unpaired) electrons. The van der Waals surface area contributed by atoms with E-state index in [0.717, 1.165) is 19.6 Å². The van der Waals surface area contributed by atoms with Crippen molar-refractivity contribution in [2.75, 3.05) is 39.5 Å². The summed E-state index contributed by atoms with van der Waals surface area (Å²) in [5.74, 6) is 0.727. The largest absolute Gasteiger partial charge is 0.356 e. The van der Waals surface area contributed by atoms with Crippen molar-refractivity contribution in [2.45, 2.75) is 32.1 Å². The van der Waals surface area contributed by atoms with Crippen molar-refractivity contribution in [3.63, 3.8) is 0 Å². The normalized spacial score (nSPS) is 18.4. The Morgan fingerprint density at radius 3 is 2.71 bits per heavy atom. The van der Waals surface area contributed by atoms with E-state index in [0.29, 0.717) is 29.5 Å². The fraction of sp³-hybridized carbons (Fsp3) is 0.632. The average Bonchev–Trinajstić information content (AvgIpc) is 2.63. The molecule has 1 aliphatic heterocycles. The highest BCUT2D eigenvalue weighted by Gasteiger charge is 2.19. The lowest BCUT2D eigenvalue weighted by molar-refractivity contribution is 0.183. The second kappa shape index (κ2) is 11.9. The average molecular weight is 526 g/mol. The van der Waals surface area contributed by atoms with Gasteiger partial charge in [-0.2, -0.15) is 0 Å². The predicted octanol–water partition coefficient (Wildman–Crippen LogP) is 2.39. The van der Waals surface area contributed by atoms with Gasteiger partial charge in [-0.05, 0) is 55.1 Å². The van der Waals surface area contributed by atoms with Crippen LogP contribution in [0.5, 0.6) is 0 Å². The van der Waals surface area contributed by atoms with Gasteiger partial charge in [-0.25, -0.2) is 12.8 Å². The third kappa shape index (κ3) is 8.60. The summed E-state index contributed by atoms with van der Waals surface area (Å²) in [5, 5.41) is 6.50. The summed E-state index contributed by atoms with van der Waals surface area (Å²) in [6, 6.07) is 4.20. The smallest absolute Gasteiger partial charge is 0.191 e.